The molecule has 7 atom stereocenters. The number of likely N-dealkylation sites (tertiary alicyclic amines) is 1. The highest BCUT2D eigenvalue weighted by Gasteiger charge is 2.69. The summed E-state index contributed by atoms with van der Waals surface area (Å²) in [5.74, 6) is -14.0. The molecule has 2 amide bonds. The van der Waals surface area contributed by atoms with Crippen LogP contribution in [0, 0.1) is 29.5 Å². The number of methoxy groups -OCH3 is 1. The van der Waals surface area contributed by atoms with Gasteiger partial charge >= 0.3 is 0 Å². The summed E-state index contributed by atoms with van der Waals surface area (Å²) in [5.41, 5.74) is 1.37. The Kier molecular flexibility index (Phi) is 8.01. The van der Waals surface area contributed by atoms with Crippen molar-refractivity contribution < 1.29 is 48.1 Å². The fraction of sp³-hybridized carbons (Fsp3) is 0.586. The zero-order valence-corrected chi connectivity index (χ0v) is 24.1. The van der Waals surface area contributed by atoms with E-state index in [-0.39, 0.29) is 36.7 Å². The first-order valence-electron chi connectivity index (χ1n) is 14.2. The highest BCUT2D eigenvalue weighted by atomic mass is 19.1. The number of aliphatic hydroxyl groups is 1. The van der Waals surface area contributed by atoms with Crippen LogP contribution in [-0.2, 0) is 35.1 Å². The van der Waals surface area contributed by atoms with Gasteiger partial charge in [0.1, 0.15) is 11.6 Å². The quantitative estimate of drug-likeness (QED) is 0.222. The number of anilines is 1. The number of rotatable bonds is 7. The van der Waals surface area contributed by atoms with Crippen LogP contribution >= 0.6 is 0 Å². The van der Waals surface area contributed by atoms with Crippen molar-refractivity contribution in [2.45, 2.75) is 43.4 Å². The standard InChI is InChI=1S/C29H35FN4O9/c1-33(2)22-15-8-12-7-14-16(30)9-17(32-18(35)10-34-6-4-5-13(34)11-43-3)23(36)20(14)24(37)19(12)26(39)29(15,42)27(40)21(25(22)38)28(31)41/h9,12-13,15,19,21-22,36,42H,4-8,10-11H2,1-3H3,(H2,31,41)(H,32,35)/t12-,13-,15-,19?,21?,22-,29-/m0/s1. The van der Waals surface area contributed by atoms with Gasteiger partial charge in [0.25, 0.3) is 0 Å². The molecule has 0 aromatic heterocycles. The number of primary amides is 1. The van der Waals surface area contributed by atoms with Crippen molar-refractivity contribution in [1.29, 1.82) is 0 Å². The summed E-state index contributed by atoms with van der Waals surface area (Å²) in [6.07, 6.45) is 1.29. The predicted octanol–water partition coefficient (Wildman–Crippen LogP) is -0.945. The number of Topliss-reactive ketones (excluding diaryl/α,β-unsaturated/α-hetero) is 4. The summed E-state index contributed by atoms with van der Waals surface area (Å²) in [6, 6.07) is -0.323. The maximum atomic E-state index is 15.5. The van der Waals surface area contributed by atoms with Crippen LogP contribution in [0.5, 0.6) is 5.75 Å². The van der Waals surface area contributed by atoms with Gasteiger partial charge in [0.05, 0.1) is 36.4 Å². The fourth-order valence-electron chi connectivity index (χ4n) is 7.58. The molecule has 4 aliphatic rings. The molecule has 3 aliphatic carbocycles. The van der Waals surface area contributed by atoms with Gasteiger partial charge in [-0.05, 0) is 52.2 Å². The van der Waals surface area contributed by atoms with Gasteiger partial charge in [-0.25, -0.2) is 4.39 Å². The van der Waals surface area contributed by atoms with Gasteiger partial charge in [-0.2, -0.15) is 0 Å². The zero-order chi connectivity index (χ0) is 31.5. The second-order valence-electron chi connectivity index (χ2n) is 12.2. The number of nitrogens with one attached hydrogen (secondary N) is 1. The third kappa shape index (κ3) is 4.76. The molecule has 43 heavy (non-hydrogen) atoms. The third-order valence-corrected chi connectivity index (χ3v) is 9.49. The Hall–Kier alpha value is -3.59. The molecule has 1 aliphatic heterocycles. The molecule has 5 rings (SSSR count). The maximum absolute atomic E-state index is 15.5. The smallest absolute Gasteiger partial charge is 0.238 e. The SMILES string of the molecule is COC[C@@H]1CCCN1CC(=O)Nc1cc(F)c2c(c1O)C(=O)C1C(=O)[C@]3(O)C(=O)C(C(N)=O)C(=O)[C@@H](N(C)C)[C@@H]3C[C@@H]1C2. The number of hydrogen-bond acceptors (Lipinski definition) is 11. The molecule has 3 fully saturated rings. The first-order chi connectivity index (χ1) is 20.2. The molecular weight excluding hydrogens is 567 g/mol. The highest BCUT2D eigenvalue weighted by Crippen LogP contribution is 2.51. The van der Waals surface area contributed by atoms with Crippen molar-refractivity contribution in [3.8, 4) is 5.75 Å². The largest absolute Gasteiger partial charge is 0.505 e. The van der Waals surface area contributed by atoms with Crippen LogP contribution in [-0.4, -0.2) is 114 Å². The van der Waals surface area contributed by atoms with E-state index in [4.69, 9.17) is 10.5 Å². The minimum atomic E-state index is -2.88. The van der Waals surface area contributed by atoms with Crippen LogP contribution in [0.4, 0.5) is 10.1 Å². The molecule has 1 heterocycles. The van der Waals surface area contributed by atoms with Crippen molar-refractivity contribution in [3.05, 3.63) is 23.0 Å². The van der Waals surface area contributed by atoms with Gasteiger partial charge in [0, 0.05) is 30.7 Å². The second kappa shape index (κ2) is 11.2. The molecule has 13 nitrogen and oxygen atoms in total. The van der Waals surface area contributed by atoms with Gasteiger partial charge in [-0.1, -0.05) is 0 Å². The summed E-state index contributed by atoms with van der Waals surface area (Å²) in [7, 11) is 4.51. The molecule has 1 aromatic carbocycles. The van der Waals surface area contributed by atoms with Crippen molar-refractivity contribution in [1.82, 2.24) is 9.80 Å². The van der Waals surface area contributed by atoms with Crippen molar-refractivity contribution in [3.63, 3.8) is 0 Å². The van der Waals surface area contributed by atoms with E-state index in [9.17, 15) is 39.0 Å². The molecule has 1 saturated heterocycles. The summed E-state index contributed by atoms with van der Waals surface area (Å²) >= 11 is 0. The second-order valence-corrected chi connectivity index (χ2v) is 12.2. The number of carbonyl (C=O) groups excluding carboxylic acids is 6. The number of nitrogens with two attached hydrogens (primary N) is 1. The minimum absolute atomic E-state index is 0.0223. The van der Waals surface area contributed by atoms with Gasteiger partial charge < -0.3 is 26.0 Å². The Morgan fingerprint density at radius 3 is 2.56 bits per heavy atom. The number of nitrogens with zero attached hydrogens (tertiary/aromatic N) is 2. The van der Waals surface area contributed by atoms with E-state index in [1.165, 1.54) is 19.0 Å². The van der Waals surface area contributed by atoms with Gasteiger partial charge in [0.15, 0.2) is 34.7 Å². The lowest BCUT2D eigenvalue weighted by Crippen LogP contribution is -2.74. The third-order valence-electron chi connectivity index (χ3n) is 9.49. The fourth-order valence-corrected chi connectivity index (χ4v) is 7.58. The van der Waals surface area contributed by atoms with E-state index >= 15 is 4.39 Å². The molecule has 232 valence electrons. The normalized spacial score (nSPS) is 32.4. The number of phenolic OH excluding ortho intramolecular Hbond substituents is 1. The van der Waals surface area contributed by atoms with E-state index in [1.54, 1.807) is 7.11 Å². The lowest BCUT2D eigenvalue weighted by atomic mass is 9.52. The number of carbonyl (C=O) groups is 6. The molecular formula is C29H35FN4O9. The maximum Gasteiger partial charge on any atom is 0.238 e. The van der Waals surface area contributed by atoms with Crippen molar-refractivity contribution in [2.24, 2.45) is 29.4 Å². The van der Waals surface area contributed by atoms with E-state index < -0.39 is 87.4 Å². The average molecular weight is 603 g/mol. The van der Waals surface area contributed by atoms with Crippen LogP contribution in [0.25, 0.3) is 0 Å². The number of phenols is 1. The van der Waals surface area contributed by atoms with Gasteiger partial charge in [-0.3, -0.25) is 38.6 Å². The Balaban J connectivity index is 1.48. The van der Waals surface area contributed by atoms with Crippen LogP contribution in [0.1, 0.15) is 35.2 Å². The monoisotopic (exact) mass is 602 g/mol. The number of ether oxygens (including phenoxy) is 1. The summed E-state index contributed by atoms with van der Waals surface area (Å²) in [4.78, 5) is 82.4. The number of hydrogen-bond donors (Lipinski definition) is 4. The molecule has 0 bridgehead atoms. The van der Waals surface area contributed by atoms with Crippen LogP contribution < -0.4 is 11.1 Å². The highest BCUT2D eigenvalue weighted by molar-refractivity contribution is 6.32. The molecule has 1 aromatic rings. The lowest BCUT2D eigenvalue weighted by Gasteiger charge is -2.52. The summed E-state index contributed by atoms with van der Waals surface area (Å²) in [6.45, 7) is 1.01. The Morgan fingerprint density at radius 1 is 1.23 bits per heavy atom. The Morgan fingerprint density at radius 2 is 1.93 bits per heavy atom. The molecule has 0 spiro atoms. The van der Waals surface area contributed by atoms with Crippen molar-refractivity contribution in [2.75, 3.05) is 46.2 Å². The van der Waals surface area contributed by atoms with E-state index in [2.05, 4.69) is 5.32 Å². The number of halogens is 1. The molecule has 2 unspecified atom stereocenters. The molecule has 0 radical (unpaired) electrons. The van der Waals surface area contributed by atoms with E-state index in [0.29, 0.717) is 13.2 Å². The average Bonchev–Trinajstić information content (AvgIpc) is 3.35. The number of amides is 2. The Labute approximate surface area is 246 Å². The summed E-state index contributed by atoms with van der Waals surface area (Å²) < 4.78 is 20.7. The predicted molar refractivity (Wildman–Crippen MR) is 146 cm³/mol. The van der Waals surface area contributed by atoms with Gasteiger partial charge in [-0.15, -0.1) is 0 Å². The number of likely N-dealkylation sites (N-methyl/N-ethyl adjacent to an activating group) is 1. The molecule has 14 heteroatoms. The molecule has 5 N–H and O–H groups in total. The van der Waals surface area contributed by atoms with Crippen LogP contribution in [0.3, 0.4) is 0 Å². The lowest BCUT2D eigenvalue weighted by molar-refractivity contribution is -0.181. The first-order valence-corrected chi connectivity index (χ1v) is 14.2. The van der Waals surface area contributed by atoms with Gasteiger partial charge in [0.2, 0.25) is 11.8 Å². The van der Waals surface area contributed by atoms with E-state index in [1.807, 2.05) is 4.90 Å². The van der Waals surface area contributed by atoms with Crippen LogP contribution in [0.2, 0.25) is 0 Å². The minimum Gasteiger partial charge on any atom is -0.505 e. The number of benzene rings is 1. The number of aromatic hydroxyl groups is 1. The van der Waals surface area contributed by atoms with Crippen LogP contribution in [0.15, 0.2) is 6.07 Å². The number of fused-ring (bicyclic) bond motifs is 3. The summed E-state index contributed by atoms with van der Waals surface area (Å²) in [5, 5.41) is 25.2. The van der Waals surface area contributed by atoms with Crippen molar-refractivity contribution >= 4 is 40.6 Å². The topological polar surface area (TPSA) is 197 Å². The first kappa shape index (κ1) is 30.9. The molecule has 2 saturated carbocycles. The Bertz CT molecular complexity index is 1430. The zero-order valence-electron chi connectivity index (χ0n) is 24.1. The van der Waals surface area contributed by atoms with E-state index in [0.717, 1.165) is 18.9 Å². The number of ketones is 4.